The first-order valence-corrected chi connectivity index (χ1v) is 6.15. The normalized spacial score (nSPS) is 25.1. The SMILES string of the molecule is CCC(Cl)C1(CC)C(=O)Nc2ccccc21. The zero-order chi connectivity index (χ0) is 11.8. The maximum atomic E-state index is 12.2. The van der Waals surface area contributed by atoms with Crippen LogP contribution in [0.1, 0.15) is 32.3 Å². The third-order valence-corrected chi connectivity index (χ3v) is 4.19. The molecule has 1 aromatic carbocycles. The molecule has 1 aromatic rings. The van der Waals surface area contributed by atoms with Gasteiger partial charge < -0.3 is 5.32 Å². The Bertz CT molecular complexity index is 418. The number of para-hydroxylation sites is 1. The van der Waals surface area contributed by atoms with Crippen molar-refractivity contribution in [1.82, 2.24) is 0 Å². The summed E-state index contributed by atoms with van der Waals surface area (Å²) in [5.41, 5.74) is 1.41. The van der Waals surface area contributed by atoms with Crippen LogP contribution < -0.4 is 5.32 Å². The van der Waals surface area contributed by atoms with E-state index in [4.69, 9.17) is 11.6 Å². The van der Waals surface area contributed by atoms with Gasteiger partial charge >= 0.3 is 0 Å². The van der Waals surface area contributed by atoms with Gasteiger partial charge in [0, 0.05) is 5.69 Å². The number of amides is 1. The molecule has 1 N–H and O–H groups in total. The van der Waals surface area contributed by atoms with Gasteiger partial charge in [-0.2, -0.15) is 0 Å². The molecule has 3 heteroatoms. The molecule has 1 amide bonds. The van der Waals surface area contributed by atoms with Crippen LogP contribution in [0.15, 0.2) is 24.3 Å². The van der Waals surface area contributed by atoms with Gasteiger partial charge in [-0.15, -0.1) is 11.6 Å². The van der Waals surface area contributed by atoms with E-state index in [9.17, 15) is 4.79 Å². The number of fused-ring (bicyclic) bond motifs is 1. The molecule has 0 aliphatic carbocycles. The Morgan fingerprint density at radius 3 is 2.69 bits per heavy atom. The Balaban J connectivity index is 2.58. The molecule has 0 bridgehead atoms. The Morgan fingerprint density at radius 2 is 2.06 bits per heavy atom. The minimum Gasteiger partial charge on any atom is -0.325 e. The number of carbonyl (C=O) groups excluding carboxylic acids is 1. The van der Waals surface area contributed by atoms with Crippen molar-refractivity contribution in [1.29, 1.82) is 0 Å². The summed E-state index contributed by atoms with van der Waals surface area (Å²) in [5.74, 6) is 0.0399. The van der Waals surface area contributed by atoms with Crippen LogP contribution in [0, 0.1) is 0 Å². The largest absolute Gasteiger partial charge is 0.325 e. The highest BCUT2D eigenvalue weighted by Gasteiger charge is 2.49. The van der Waals surface area contributed by atoms with Crippen LogP contribution in [0.2, 0.25) is 0 Å². The summed E-state index contributed by atoms with van der Waals surface area (Å²) in [7, 11) is 0. The summed E-state index contributed by atoms with van der Waals surface area (Å²) in [5, 5.41) is 2.78. The van der Waals surface area contributed by atoms with Gasteiger partial charge in [0.2, 0.25) is 5.91 Å². The zero-order valence-corrected chi connectivity index (χ0v) is 10.3. The molecule has 86 valence electrons. The molecule has 2 atom stereocenters. The first-order valence-electron chi connectivity index (χ1n) is 5.71. The Morgan fingerprint density at radius 1 is 1.38 bits per heavy atom. The lowest BCUT2D eigenvalue weighted by Gasteiger charge is -2.30. The molecular formula is C13H16ClNO. The molecule has 2 rings (SSSR count). The highest BCUT2D eigenvalue weighted by atomic mass is 35.5. The maximum absolute atomic E-state index is 12.2. The molecule has 0 radical (unpaired) electrons. The van der Waals surface area contributed by atoms with E-state index in [2.05, 4.69) is 5.32 Å². The number of hydrogen-bond donors (Lipinski definition) is 1. The molecule has 0 fully saturated rings. The van der Waals surface area contributed by atoms with E-state index in [1.165, 1.54) is 0 Å². The van der Waals surface area contributed by atoms with Gasteiger partial charge in [-0.05, 0) is 24.5 Å². The number of hydrogen-bond acceptors (Lipinski definition) is 1. The quantitative estimate of drug-likeness (QED) is 0.803. The second kappa shape index (κ2) is 4.10. The first kappa shape index (κ1) is 11.5. The van der Waals surface area contributed by atoms with E-state index in [1.54, 1.807) is 0 Å². The number of alkyl halides is 1. The van der Waals surface area contributed by atoms with Gasteiger partial charge in [-0.25, -0.2) is 0 Å². The van der Waals surface area contributed by atoms with Crippen molar-refractivity contribution >= 4 is 23.2 Å². The lowest BCUT2D eigenvalue weighted by molar-refractivity contribution is -0.121. The summed E-state index contributed by atoms with van der Waals surface area (Å²) in [4.78, 5) is 12.2. The van der Waals surface area contributed by atoms with E-state index < -0.39 is 5.41 Å². The van der Waals surface area contributed by atoms with Gasteiger partial charge in [-0.3, -0.25) is 4.79 Å². The average Bonchev–Trinajstić information content (AvgIpc) is 2.61. The van der Waals surface area contributed by atoms with Crippen LogP contribution in [0.25, 0.3) is 0 Å². The number of rotatable bonds is 3. The Hall–Kier alpha value is -1.02. The van der Waals surface area contributed by atoms with Crippen molar-refractivity contribution < 1.29 is 4.79 Å². The first-order chi connectivity index (χ1) is 7.66. The van der Waals surface area contributed by atoms with Crippen LogP contribution in [0.5, 0.6) is 0 Å². The molecule has 1 aliphatic heterocycles. The molecule has 0 aromatic heterocycles. The summed E-state index contributed by atoms with van der Waals surface area (Å²) in [6.07, 6.45) is 1.52. The van der Waals surface area contributed by atoms with E-state index in [-0.39, 0.29) is 11.3 Å². The van der Waals surface area contributed by atoms with Gasteiger partial charge in [0.15, 0.2) is 0 Å². The number of anilines is 1. The van der Waals surface area contributed by atoms with E-state index in [1.807, 2.05) is 38.1 Å². The molecule has 2 nitrogen and oxygen atoms in total. The van der Waals surface area contributed by atoms with Crippen molar-refractivity contribution in [3.8, 4) is 0 Å². The fraction of sp³-hybridized carbons (Fsp3) is 0.462. The van der Waals surface area contributed by atoms with E-state index >= 15 is 0 Å². The van der Waals surface area contributed by atoms with Crippen LogP contribution in [-0.4, -0.2) is 11.3 Å². The van der Waals surface area contributed by atoms with E-state index in [0.717, 1.165) is 24.1 Å². The molecule has 0 saturated heterocycles. The topological polar surface area (TPSA) is 29.1 Å². The second-order valence-corrected chi connectivity index (χ2v) is 4.73. The van der Waals surface area contributed by atoms with Crippen LogP contribution >= 0.6 is 11.6 Å². The highest BCUT2D eigenvalue weighted by molar-refractivity contribution is 6.25. The van der Waals surface area contributed by atoms with Gasteiger partial charge in [0.05, 0.1) is 10.8 Å². The predicted molar refractivity (Wildman–Crippen MR) is 67.0 cm³/mol. The van der Waals surface area contributed by atoms with Crippen molar-refractivity contribution in [2.45, 2.75) is 37.5 Å². The van der Waals surface area contributed by atoms with Crippen molar-refractivity contribution in [2.75, 3.05) is 5.32 Å². The fourth-order valence-corrected chi connectivity index (χ4v) is 2.94. The predicted octanol–water partition coefficient (Wildman–Crippen LogP) is 3.30. The van der Waals surface area contributed by atoms with Gasteiger partial charge in [0.1, 0.15) is 0 Å². The molecule has 0 saturated carbocycles. The van der Waals surface area contributed by atoms with Crippen molar-refractivity contribution in [2.24, 2.45) is 0 Å². The number of halogens is 1. The van der Waals surface area contributed by atoms with Crippen LogP contribution in [-0.2, 0) is 10.2 Å². The summed E-state index contributed by atoms with van der Waals surface area (Å²) in [6, 6.07) is 7.83. The third-order valence-electron chi connectivity index (χ3n) is 3.51. The van der Waals surface area contributed by atoms with Crippen LogP contribution in [0.4, 0.5) is 5.69 Å². The monoisotopic (exact) mass is 237 g/mol. The van der Waals surface area contributed by atoms with Gasteiger partial charge in [0.25, 0.3) is 0 Å². The molecule has 16 heavy (non-hydrogen) atoms. The molecule has 2 unspecified atom stereocenters. The lowest BCUT2D eigenvalue weighted by atomic mass is 9.75. The second-order valence-electron chi connectivity index (χ2n) is 4.20. The molecule has 0 spiro atoms. The smallest absolute Gasteiger partial charge is 0.236 e. The van der Waals surface area contributed by atoms with Crippen molar-refractivity contribution in [3.05, 3.63) is 29.8 Å². The maximum Gasteiger partial charge on any atom is 0.236 e. The average molecular weight is 238 g/mol. The minimum absolute atomic E-state index is 0.0399. The molecule has 1 aliphatic rings. The summed E-state index contributed by atoms with van der Waals surface area (Å²) in [6.45, 7) is 4.04. The number of benzene rings is 1. The third kappa shape index (κ3) is 1.36. The number of carbonyl (C=O) groups is 1. The highest BCUT2D eigenvalue weighted by Crippen LogP contribution is 2.45. The Labute approximate surface area is 101 Å². The van der Waals surface area contributed by atoms with Crippen molar-refractivity contribution in [3.63, 3.8) is 0 Å². The lowest BCUT2D eigenvalue weighted by Crippen LogP contribution is -2.42. The summed E-state index contributed by atoms with van der Waals surface area (Å²) >= 11 is 6.39. The molecular weight excluding hydrogens is 222 g/mol. The minimum atomic E-state index is -0.549. The van der Waals surface area contributed by atoms with Crippen LogP contribution in [0.3, 0.4) is 0 Å². The summed E-state index contributed by atoms with van der Waals surface area (Å²) < 4.78 is 0. The fourth-order valence-electron chi connectivity index (χ4n) is 2.57. The Kier molecular flexibility index (Phi) is 2.94. The number of nitrogens with one attached hydrogen (secondary N) is 1. The molecule has 1 heterocycles. The van der Waals surface area contributed by atoms with E-state index in [0.29, 0.717) is 0 Å². The van der Waals surface area contributed by atoms with Gasteiger partial charge in [-0.1, -0.05) is 32.0 Å². The standard InChI is InChI=1S/C13H16ClNO/c1-3-11(14)13(4-2)9-7-5-6-8-10(9)15-12(13)16/h5-8,11H,3-4H2,1-2H3,(H,15,16). The zero-order valence-electron chi connectivity index (χ0n) is 9.59.